The minimum atomic E-state index is -0.346. The number of benzene rings is 2. The summed E-state index contributed by atoms with van der Waals surface area (Å²) in [6, 6.07) is 17.9. The summed E-state index contributed by atoms with van der Waals surface area (Å²) < 4.78 is 4.98. The molecular formula is C21H18N2O3. The van der Waals surface area contributed by atoms with Gasteiger partial charge >= 0.3 is 5.97 Å². The molecule has 0 saturated carbocycles. The van der Waals surface area contributed by atoms with Gasteiger partial charge in [0.1, 0.15) is 0 Å². The van der Waals surface area contributed by atoms with Crippen LogP contribution < -0.4 is 5.32 Å². The summed E-state index contributed by atoms with van der Waals surface area (Å²) in [5, 5.41) is 2.84. The second kappa shape index (κ2) is 8.07. The molecule has 0 radical (unpaired) electrons. The van der Waals surface area contributed by atoms with Crippen LogP contribution >= 0.6 is 0 Å². The molecule has 0 fully saturated rings. The van der Waals surface area contributed by atoms with E-state index in [9.17, 15) is 9.59 Å². The van der Waals surface area contributed by atoms with Gasteiger partial charge in [-0.15, -0.1) is 0 Å². The fraction of sp³-hybridized carbons (Fsp3) is 0.0952. The molecule has 1 heterocycles. The third-order valence-corrected chi connectivity index (χ3v) is 3.76. The Morgan fingerprint density at radius 1 is 0.923 bits per heavy atom. The predicted octanol–water partition coefficient (Wildman–Crippen LogP) is 4.18. The maximum Gasteiger partial charge on any atom is 0.338 e. The number of pyridine rings is 1. The van der Waals surface area contributed by atoms with Crippen LogP contribution in [-0.4, -0.2) is 23.5 Å². The number of amides is 1. The van der Waals surface area contributed by atoms with Crippen molar-refractivity contribution in [3.05, 3.63) is 84.2 Å². The van der Waals surface area contributed by atoms with Crippen molar-refractivity contribution in [1.29, 1.82) is 0 Å². The van der Waals surface area contributed by atoms with Crippen LogP contribution in [0, 0.1) is 0 Å². The van der Waals surface area contributed by atoms with Gasteiger partial charge in [0.15, 0.2) is 0 Å². The number of aromatic nitrogens is 1. The highest BCUT2D eigenvalue weighted by atomic mass is 16.5. The van der Waals surface area contributed by atoms with E-state index in [0.717, 1.165) is 11.1 Å². The second-order valence-electron chi connectivity index (χ2n) is 5.58. The Morgan fingerprint density at radius 2 is 1.65 bits per heavy atom. The standard InChI is InChI=1S/C21H18N2O3/c1-2-26-21(25)17-10-8-15(9-11-17)18-12-19(14-22-13-18)23-20(24)16-6-4-3-5-7-16/h3-14H,2H2,1H3,(H,23,24). The molecule has 0 unspecified atom stereocenters. The first-order chi connectivity index (χ1) is 12.7. The lowest BCUT2D eigenvalue weighted by Gasteiger charge is -2.08. The van der Waals surface area contributed by atoms with Crippen molar-refractivity contribution in [3.8, 4) is 11.1 Å². The number of hydrogen-bond acceptors (Lipinski definition) is 4. The molecule has 0 saturated heterocycles. The van der Waals surface area contributed by atoms with Crippen LogP contribution in [0.4, 0.5) is 5.69 Å². The summed E-state index contributed by atoms with van der Waals surface area (Å²) in [5.74, 6) is -0.539. The number of nitrogens with one attached hydrogen (secondary N) is 1. The number of nitrogens with zero attached hydrogens (tertiary/aromatic N) is 1. The highest BCUT2D eigenvalue weighted by Crippen LogP contribution is 2.22. The average Bonchev–Trinajstić information content (AvgIpc) is 2.69. The molecule has 5 heteroatoms. The second-order valence-corrected chi connectivity index (χ2v) is 5.58. The predicted molar refractivity (Wildman–Crippen MR) is 100 cm³/mol. The van der Waals surface area contributed by atoms with Crippen LogP contribution in [-0.2, 0) is 4.74 Å². The van der Waals surface area contributed by atoms with Crippen LogP contribution in [0.1, 0.15) is 27.6 Å². The summed E-state index contributed by atoms with van der Waals surface area (Å²) >= 11 is 0. The molecule has 0 atom stereocenters. The van der Waals surface area contributed by atoms with Gasteiger partial charge in [0.2, 0.25) is 0 Å². The molecule has 1 amide bonds. The zero-order chi connectivity index (χ0) is 18.4. The molecule has 130 valence electrons. The third-order valence-electron chi connectivity index (χ3n) is 3.76. The minimum Gasteiger partial charge on any atom is -0.462 e. The summed E-state index contributed by atoms with van der Waals surface area (Å²) in [6.07, 6.45) is 3.30. The number of rotatable bonds is 5. The first kappa shape index (κ1) is 17.4. The zero-order valence-corrected chi connectivity index (χ0v) is 14.3. The van der Waals surface area contributed by atoms with E-state index in [1.165, 1.54) is 0 Å². The Bertz CT molecular complexity index is 906. The van der Waals surface area contributed by atoms with Crippen molar-refractivity contribution in [3.63, 3.8) is 0 Å². The van der Waals surface area contributed by atoms with Gasteiger partial charge in [-0.25, -0.2) is 4.79 Å². The monoisotopic (exact) mass is 346 g/mol. The van der Waals surface area contributed by atoms with E-state index in [-0.39, 0.29) is 11.9 Å². The number of esters is 1. The molecular weight excluding hydrogens is 328 g/mol. The fourth-order valence-electron chi connectivity index (χ4n) is 2.47. The van der Waals surface area contributed by atoms with E-state index < -0.39 is 0 Å². The van der Waals surface area contributed by atoms with Crippen LogP contribution in [0.3, 0.4) is 0 Å². The lowest BCUT2D eigenvalue weighted by atomic mass is 10.1. The Balaban J connectivity index is 1.77. The van der Waals surface area contributed by atoms with Crippen LogP contribution in [0.5, 0.6) is 0 Å². The van der Waals surface area contributed by atoms with Crippen molar-refractivity contribution in [1.82, 2.24) is 4.98 Å². The van der Waals surface area contributed by atoms with Crippen LogP contribution in [0.2, 0.25) is 0 Å². The molecule has 1 N–H and O–H groups in total. The van der Waals surface area contributed by atoms with Gasteiger partial charge in [-0.1, -0.05) is 30.3 Å². The third kappa shape index (κ3) is 4.13. The van der Waals surface area contributed by atoms with Crippen molar-refractivity contribution < 1.29 is 14.3 Å². The van der Waals surface area contributed by atoms with E-state index in [0.29, 0.717) is 23.4 Å². The quantitative estimate of drug-likeness (QED) is 0.704. The molecule has 0 aliphatic rings. The highest BCUT2D eigenvalue weighted by molar-refractivity contribution is 6.04. The Hall–Kier alpha value is -3.47. The van der Waals surface area contributed by atoms with Gasteiger partial charge < -0.3 is 10.1 Å². The SMILES string of the molecule is CCOC(=O)c1ccc(-c2cncc(NC(=O)c3ccccc3)c2)cc1. The lowest BCUT2D eigenvalue weighted by molar-refractivity contribution is 0.0526. The van der Waals surface area contributed by atoms with Gasteiger partial charge in [-0.05, 0) is 42.8 Å². The Labute approximate surface area is 151 Å². The lowest BCUT2D eigenvalue weighted by Crippen LogP contribution is -2.11. The van der Waals surface area contributed by atoms with E-state index in [1.54, 1.807) is 43.6 Å². The number of carbonyl (C=O) groups is 2. The van der Waals surface area contributed by atoms with E-state index in [1.807, 2.05) is 36.4 Å². The zero-order valence-electron chi connectivity index (χ0n) is 14.3. The molecule has 0 aliphatic heterocycles. The maximum atomic E-state index is 12.3. The highest BCUT2D eigenvalue weighted by Gasteiger charge is 2.09. The smallest absolute Gasteiger partial charge is 0.338 e. The molecule has 3 rings (SSSR count). The normalized spacial score (nSPS) is 10.2. The van der Waals surface area contributed by atoms with Gasteiger partial charge in [-0.2, -0.15) is 0 Å². The Kier molecular flexibility index (Phi) is 5.39. The van der Waals surface area contributed by atoms with Crippen LogP contribution in [0.25, 0.3) is 11.1 Å². The van der Waals surface area contributed by atoms with E-state index >= 15 is 0 Å². The van der Waals surface area contributed by atoms with Gasteiger partial charge in [0.05, 0.1) is 24.1 Å². The first-order valence-corrected chi connectivity index (χ1v) is 8.26. The van der Waals surface area contributed by atoms with E-state index in [2.05, 4.69) is 10.3 Å². The fourth-order valence-corrected chi connectivity index (χ4v) is 2.47. The largest absolute Gasteiger partial charge is 0.462 e. The average molecular weight is 346 g/mol. The molecule has 1 aromatic heterocycles. The molecule has 2 aromatic carbocycles. The molecule has 0 bridgehead atoms. The summed E-state index contributed by atoms with van der Waals surface area (Å²) in [6.45, 7) is 2.11. The van der Waals surface area contributed by atoms with Gasteiger partial charge in [0, 0.05) is 17.3 Å². The maximum absolute atomic E-state index is 12.3. The van der Waals surface area contributed by atoms with Crippen molar-refractivity contribution in [2.45, 2.75) is 6.92 Å². The van der Waals surface area contributed by atoms with Crippen molar-refractivity contribution >= 4 is 17.6 Å². The number of ether oxygens (including phenoxy) is 1. The molecule has 3 aromatic rings. The summed E-state index contributed by atoms with van der Waals surface area (Å²) in [4.78, 5) is 28.2. The number of carbonyl (C=O) groups excluding carboxylic acids is 2. The van der Waals surface area contributed by atoms with Gasteiger partial charge in [0.25, 0.3) is 5.91 Å². The summed E-state index contributed by atoms with van der Waals surface area (Å²) in [5.41, 5.74) is 3.41. The topological polar surface area (TPSA) is 68.3 Å². The van der Waals surface area contributed by atoms with Crippen molar-refractivity contribution in [2.24, 2.45) is 0 Å². The minimum absolute atomic E-state index is 0.192. The number of hydrogen-bond donors (Lipinski definition) is 1. The van der Waals surface area contributed by atoms with Gasteiger partial charge in [-0.3, -0.25) is 9.78 Å². The van der Waals surface area contributed by atoms with Crippen molar-refractivity contribution in [2.75, 3.05) is 11.9 Å². The molecule has 26 heavy (non-hydrogen) atoms. The number of anilines is 1. The van der Waals surface area contributed by atoms with Crippen LogP contribution in [0.15, 0.2) is 73.1 Å². The Morgan fingerprint density at radius 3 is 2.35 bits per heavy atom. The van der Waals surface area contributed by atoms with E-state index in [4.69, 9.17) is 4.74 Å². The molecule has 5 nitrogen and oxygen atoms in total. The first-order valence-electron chi connectivity index (χ1n) is 8.26. The molecule has 0 aliphatic carbocycles. The summed E-state index contributed by atoms with van der Waals surface area (Å²) in [7, 11) is 0. The molecule has 0 spiro atoms.